The van der Waals surface area contributed by atoms with E-state index in [1.54, 1.807) is 18.2 Å². The summed E-state index contributed by atoms with van der Waals surface area (Å²) in [5.41, 5.74) is 4.64. The highest BCUT2D eigenvalue weighted by molar-refractivity contribution is 6.33. The first-order chi connectivity index (χ1) is 16.5. The number of carbonyl (C=O) groups is 1. The van der Waals surface area contributed by atoms with Crippen molar-refractivity contribution in [2.45, 2.75) is 0 Å². The summed E-state index contributed by atoms with van der Waals surface area (Å²) in [7, 11) is 0. The van der Waals surface area contributed by atoms with Gasteiger partial charge in [0.25, 0.3) is 11.6 Å². The normalized spacial score (nSPS) is 10.9. The summed E-state index contributed by atoms with van der Waals surface area (Å²) in [6, 6.07) is 24.6. The molecule has 1 amide bonds. The van der Waals surface area contributed by atoms with E-state index in [9.17, 15) is 14.9 Å². The summed E-state index contributed by atoms with van der Waals surface area (Å²) in [6.45, 7) is -0.219. The van der Waals surface area contributed by atoms with Crippen molar-refractivity contribution in [2.24, 2.45) is 5.10 Å². The molecule has 0 saturated carbocycles. The van der Waals surface area contributed by atoms with Gasteiger partial charge in [0.15, 0.2) is 6.61 Å². The van der Waals surface area contributed by atoms with Crippen LogP contribution in [0, 0.1) is 10.1 Å². The number of amides is 1. The zero-order valence-corrected chi connectivity index (χ0v) is 18.4. The van der Waals surface area contributed by atoms with Crippen LogP contribution in [0.4, 0.5) is 5.69 Å². The number of benzene rings is 3. The molecule has 34 heavy (non-hydrogen) atoms. The van der Waals surface area contributed by atoms with E-state index in [1.165, 1.54) is 24.4 Å². The lowest BCUT2D eigenvalue weighted by Gasteiger charge is -2.10. The molecule has 0 unspecified atom stereocenters. The molecule has 0 radical (unpaired) electrons. The molecule has 4 rings (SSSR count). The predicted octanol–water partition coefficient (Wildman–Crippen LogP) is 5.70. The molecule has 0 aliphatic carbocycles. The summed E-state index contributed by atoms with van der Waals surface area (Å²) >= 11 is 6.13. The van der Waals surface area contributed by atoms with Gasteiger partial charge in [-0.2, -0.15) is 5.10 Å². The van der Waals surface area contributed by atoms with E-state index in [0.29, 0.717) is 22.8 Å². The summed E-state index contributed by atoms with van der Waals surface area (Å²) in [5, 5.41) is 14.9. The number of hydrazone groups is 1. The second kappa shape index (κ2) is 10.5. The van der Waals surface area contributed by atoms with Gasteiger partial charge < -0.3 is 9.15 Å². The number of hydrogen-bond acceptors (Lipinski definition) is 6. The fraction of sp³-hybridized carbons (Fsp3) is 0.0400. The Morgan fingerprint density at radius 2 is 1.79 bits per heavy atom. The number of halogens is 1. The Morgan fingerprint density at radius 1 is 1.03 bits per heavy atom. The fourth-order valence-corrected chi connectivity index (χ4v) is 3.44. The van der Waals surface area contributed by atoms with Crippen molar-refractivity contribution in [3.8, 4) is 28.2 Å². The molecule has 0 fully saturated rings. The van der Waals surface area contributed by atoms with Crippen LogP contribution in [0.5, 0.6) is 5.75 Å². The molecule has 1 N–H and O–H groups in total. The van der Waals surface area contributed by atoms with Crippen LogP contribution in [0.1, 0.15) is 5.76 Å². The largest absolute Gasteiger partial charge is 0.483 e. The van der Waals surface area contributed by atoms with E-state index in [2.05, 4.69) is 10.5 Å². The molecule has 0 aliphatic rings. The van der Waals surface area contributed by atoms with Crippen LogP contribution in [0.15, 0.2) is 94.4 Å². The average molecular weight is 476 g/mol. The first-order valence-corrected chi connectivity index (χ1v) is 10.5. The molecular formula is C25H18ClN3O5. The molecule has 4 aromatic rings. The zero-order valence-electron chi connectivity index (χ0n) is 17.7. The Kier molecular flexibility index (Phi) is 7.00. The third kappa shape index (κ3) is 5.48. The number of rotatable bonds is 8. The average Bonchev–Trinajstić information content (AvgIpc) is 3.32. The van der Waals surface area contributed by atoms with Gasteiger partial charge in [0.1, 0.15) is 17.3 Å². The number of hydrogen-bond donors (Lipinski definition) is 1. The number of nitrogens with zero attached hydrogens (tertiary/aromatic N) is 2. The maximum atomic E-state index is 12.2. The lowest BCUT2D eigenvalue weighted by atomic mass is 10.1. The van der Waals surface area contributed by atoms with Gasteiger partial charge in [-0.1, -0.05) is 60.1 Å². The fourth-order valence-electron chi connectivity index (χ4n) is 3.18. The smallest absolute Gasteiger partial charge is 0.277 e. The lowest BCUT2D eigenvalue weighted by molar-refractivity contribution is -0.384. The first-order valence-electron chi connectivity index (χ1n) is 10.1. The summed E-state index contributed by atoms with van der Waals surface area (Å²) in [4.78, 5) is 22.5. The van der Waals surface area contributed by atoms with E-state index in [-0.39, 0.29) is 17.3 Å². The van der Waals surface area contributed by atoms with Gasteiger partial charge in [-0.3, -0.25) is 14.9 Å². The number of para-hydroxylation sites is 1. The molecule has 170 valence electrons. The van der Waals surface area contributed by atoms with Gasteiger partial charge in [-0.15, -0.1) is 0 Å². The standard InChI is InChI=1S/C25H18ClN3O5/c26-22-14-18(29(31)32)10-12-21(22)24-13-11-19(34-24)15-27-28-25(30)16-33-23-9-5-4-8-20(23)17-6-2-1-3-7-17/h1-15H,16H2,(H,28,30)/b27-15-. The summed E-state index contributed by atoms with van der Waals surface area (Å²) in [6.07, 6.45) is 1.33. The van der Waals surface area contributed by atoms with Crippen molar-refractivity contribution in [1.82, 2.24) is 5.43 Å². The predicted molar refractivity (Wildman–Crippen MR) is 129 cm³/mol. The number of ether oxygens (including phenoxy) is 1. The second-order valence-electron chi connectivity index (χ2n) is 7.07. The molecule has 0 bridgehead atoms. The molecule has 3 aromatic carbocycles. The molecule has 1 heterocycles. The summed E-state index contributed by atoms with van der Waals surface area (Å²) < 4.78 is 11.3. The molecule has 9 heteroatoms. The van der Waals surface area contributed by atoms with Crippen LogP contribution >= 0.6 is 11.6 Å². The molecule has 0 spiro atoms. The highest BCUT2D eigenvalue weighted by Crippen LogP contribution is 2.32. The van der Waals surface area contributed by atoms with Crippen LogP contribution in [0.25, 0.3) is 22.5 Å². The van der Waals surface area contributed by atoms with Crippen molar-refractivity contribution >= 4 is 29.4 Å². The van der Waals surface area contributed by atoms with Crippen molar-refractivity contribution < 1.29 is 18.9 Å². The van der Waals surface area contributed by atoms with Crippen molar-refractivity contribution in [3.05, 3.63) is 106 Å². The van der Waals surface area contributed by atoms with Crippen LogP contribution in [-0.4, -0.2) is 23.7 Å². The van der Waals surface area contributed by atoms with E-state index in [4.69, 9.17) is 20.8 Å². The highest BCUT2D eigenvalue weighted by atomic mass is 35.5. The summed E-state index contributed by atoms with van der Waals surface area (Å²) in [5.74, 6) is 0.918. The Labute approximate surface area is 199 Å². The molecular weight excluding hydrogens is 458 g/mol. The number of nitrogens with one attached hydrogen (secondary N) is 1. The second-order valence-corrected chi connectivity index (χ2v) is 7.47. The zero-order chi connectivity index (χ0) is 23.9. The third-order valence-corrected chi connectivity index (χ3v) is 5.08. The van der Waals surface area contributed by atoms with E-state index < -0.39 is 10.8 Å². The van der Waals surface area contributed by atoms with E-state index in [1.807, 2.05) is 48.5 Å². The molecule has 1 aromatic heterocycles. The van der Waals surface area contributed by atoms with Crippen LogP contribution in [0.2, 0.25) is 5.02 Å². The van der Waals surface area contributed by atoms with Gasteiger partial charge >= 0.3 is 0 Å². The van der Waals surface area contributed by atoms with Crippen LogP contribution < -0.4 is 10.2 Å². The minimum absolute atomic E-state index is 0.113. The van der Waals surface area contributed by atoms with Gasteiger partial charge in [0, 0.05) is 23.3 Å². The van der Waals surface area contributed by atoms with E-state index >= 15 is 0 Å². The Balaban J connectivity index is 1.34. The maximum absolute atomic E-state index is 12.2. The molecule has 0 saturated heterocycles. The van der Waals surface area contributed by atoms with Gasteiger partial charge in [0.05, 0.1) is 16.2 Å². The SMILES string of the molecule is O=C(COc1ccccc1-c1ccccc1)N/N=C\c1ccc(-c2ccc([N+](=O)[O-])cc2Cl)o1. The monoisotopic (exact) mass is 475 g/mol. The minimum Gasteiger partial charge on any atom is -0.483 e. The van der Waals surface area contributed by atoms with Crippen molar-refractivity contribution in [3.63, 3.8) is 0 Å². The first kappa shape index (κ1) is 22.8. The number of carbonyl (C=O) groups excluding carboxylic acids is 1. The van der Waals surface area contributed by atoms with Crippen molar-refractivity contribution in [2.75, 3.05) is 6.61 Å². The molecule has 0 atom stereocenters. The van der Waals surface area contributed by atoms with Gasteiger partial charge in [-0.05, 0) is 29.8 Å². The maximum Gasteiger partial charge on any atom is 0.277 e. The van der Waals surface area contributed by atoms with Crippen LogP contribution in [0.3, 0.4) is 0 Å². The lowest BCUT2D eigenvalue weighted by Crippen LogP contribution is -2.24. The molecule has 8 nitrogen and oxygen atoms in total. The topological polar surface area (TPSA) is 107 Å². The van der Waals surface area contributed by atoms with Gasteiger partial charge in [-0.25, -0.2) is 5.43 Å². The Morgan fingerprint density at radius 3 is 2.56 bits per heavy atom. The Bertz CT molecular complexity index is 1350. The number of non-ortho nitro benzene ring substituents is 1. The number of nitro groups is 1. The van der Waals surface area contributed by atoms with E-state index in [0.717, 1.165) is 11.1 Å². The number of furan rings is 1. The quantitative estimate of drug-likeness (QED) is 0.200. The third-order valence-electron chi connectivity index (χ3n) is 4.77. The molecule has 0 aliphatic heterocycles. The number of nitro benzene ring substituents is 1. The highest BCUT2D eigenvalue weighted by Gasteiger charge is 2.13. The van der Waals surface area contributed by atoms with Crippen molar-refractivity contribution in [1.29, 1.82) is 0 Å². The minimum atomic E-state index is -0.525. The van der Waals surface area contributed by atoms with Gasteiger partial charge in [0.2, 0.25) is 0 Å². The Hall–Kier alpha value is -4.43. The van der Waals surface area contributed by atoms with Crippen LogP contribution in [-0.2, 0) is 4.79 Å².